The zero-order valence-corrected chi connectivity index (χ0v) is 18.2. The predicted molar refractivity (Wildman–Crippen MR) is 128 cm³/mol. The molecule has 0 saturated heterocycles. The number of halogens is 1. The molecule has 0 fully saturated rings. The number of pyridine rings is 1. The molecule has 33 heavy (non-hydrogen) atoms. The van der Waals surface area contributed by atoms with Crippen LogP contribution in [0.2, 0.25) is 0 Å². The van der Waals surface area contributed by atoms with Crippen LogP contribution < -0.4 is 5.32 Å². The van der Waals surface area contributed by atoms with Crippen LogP contribution in [0.25, 0.3) is 27.8 Å². The molecular formula is C27H21FN4O. The maximum absolute atomic E-state index is 13.3. The highest BCUT2D eigenvalue weighted by Crippen LogP contribution is 2.29. The van der Waals surface area contributed by atoms with Crippen LogP contribution in [0.1, 0.15) is 21.6 Å². The second kappa shape index (κ2) is 8.31. The molecule has 3 aromatic carbocycles. The Hall–Kier alpha value is -4.32. The third-order valence-electron chi connectivity index (χ3n) is 5.71. The molecule has 2 aromatic heterocycles. The van der Waals surface area contributed by atoms with E-state index in [9.17, 15) is 9.18 Å². The van der Waals surface area contributed by atoms with Crippen molar-refractivity contribution in [2.75, 3.05) is 5.32 Å². The summed E-state index contributed by atoms with van der Waals surface area (Å²) < 4.78 is 15.1. The summed E-state index contributed by atoms with van der Waals surface area (Å²) in [6.07, 6.45) is 1.72. The van der Waals surface area contributed by atoms with Crippen molar-refractivity contribution in [1.82, 2.24) is 14.8 Å². The lowest BCUT2D eigenvalue weighted by Gasteiger charge is -2.12. The van der Waals surface area contributed by atoms with Crippen LogP contribution in [0.15, 0.2) is 85.1 Å². The van der Waals surface area contributed by atoms with Gasteiger partial charge in [-0.05, 0) is 61.9 Å². The Labute approximate surface area is 190 Å². The van der Waals surface area contributed by atoms with Gasteiger partial charge in [-0.25, -0.2) is 14.1 Å². The Morgan fingerprint density at radius 2 is 1.67 bits per heavy atom. The number of rotatable bonds is 4. The largest absolute Gasteiger partial charge is 0.322 e. The molecule has 5 rings (SSSR count). The van der Waals surface area contributed by atoms with Gasteiger partial charge < -0.3 is 5.32 Å². The molecule has 0 unspecified atom stereocenters. The first-order valence-electron chi connectivity index (χ1n) is 10.6. The fourth-order valence-electron chi connectivity index (χ4n) is 3.91. The first-order chi connectivity index (χ1) is 16.0. The van der Waals surface area contributed by atoms with Gasteiger partial charge in [0, 0.05) is 16.6 Å². The van der Waals surface area contributed by atoms with Gasteiger partial charge in [0.2, 0.25) is 0 Å². The summed E-state index contributed by atoms with van der Waals surface area (Å²) in [5.74, 6) is -0.503. The Bertz CT molecular complexity index is 1490. The van der Waals surface area contributed by atoms with E-state index in [1.165, 1.54) is 12.1 Å². The second-order valence-corrected chi connectivity index (χ2v) is 7.87. The van der Waals surface area contributed by atoms with E-state index in [1.807, 2.05) is 62.4 Å². The highest BCUT2D eigenvalue weighted by atomic mass is 19.1. The Kier molecular flexibility index (Phi) is 5.18. The zero-order valence-electron chi connectivity index (χ0n) is 18.2. The monoisotopic (exact) mass is 436 g/mol. The number of carbonyl (C=O) groups is 1. The summed E-state index contributed by atoms with van der Waals surface area (Å²) in [4.78, 5) is 18.1. The van der Waals surface area contributed by atoms with Gasteiger partial charge in [0.1, 0.15) is 5.82 Å². The van der Waals surface area contributed by atoms with Crippen LogP contribution >= 0.6 is 0 Å². The van der Waals surface area contributed by atoms with Crippen LogP contribution in [0, 0.1) is 19.7 Å². The molecule has 5 nitrogen and oxygen atoms in total. The van der Waals surface area contributed by atoms with Crippen molar-refractivity contribution in [3.05, 3.63) is 108 Å². The highest BCUT2D eigenvalue weighted by Gasteiger charge is 2.18. The van der Waals surface area contributed by atoms with Crippen LogP contribution in [0.5, 0.6) is 0 Å². The molecule has 0 aliphatic heterocycles. The van der Waals surface area contributed by atoms with E-state index < -0.39 is 0 Å². The highest BCUT2D eigenvalue weighted by molar-refractivity contribution is 6.13. The number of nitrogens with one attached hydrogen (secondary N) is 1. The molecule has 0 aliphatic carbocycles. The Morgan fingerprint density at radius 3 is 2.45 bits per heavy atom. The van der Waals surface area contributed by atoms with E-state index in [2.05, 4.69) is 10.4 Å². The summed E-state index contributed by atoms with van der Waals surface area (Å²) in [6, 6.07) is 23.2. The Morgan fingerprint density at radius 1 is 0.939 bits per heavy atom. The van der Waals surface area contributed by atoms with Crippen molar-refractivity contribution in [1.29, 1.82) is 0 Å². The molecule has 162 valence electrons. The summed E-state index contributed by atoms with van der Waals surface area (Å²) >= 11 is 0. The lowest BCUT2D eigenvalue weighted by Crippen LogP contribution is -2.14. The number of aromatic nitrogens is 3. The third kappa shape index (κ3) is 3.87. The van der Waals surface area contributed by atoms with Crippen LogP contribution in [-0.4, -0.2) is 20.7 Å². The van der Waals surface area contributed by atoms with Crippen LogP contribution in [0.3, 0.4) is 0 Å². The van der Waals surface area contributed by atoms with Gasteiger partial charge in [-0.1, -0.05) is 36.4 Å². The summed E-state index contributed by atoms with van der Waals surface area (Å²) in [5.41, 5.74) is 6.05. The van der Waals surface area contributed by atoms with E-state index in [1.54, 1.807) is 29.1 Å². The number of hydrogen-bond donors (Lipinski definition) is 1. The maximum atomic E-state index is 13.3. The van der Waals surface area contributed by atoms with Crippen LogP contribution in [-0.2, 0) is 0 Å². The van der Waals surface area contributed by atoms with Crippen molar-refractivity contribution < 1.29 is 9.18 Å². The average molecular weight is 436 g/mol. The smallest absolute Gasteiger partial charge is 0.256 e. The normalized spacial score (nSPS) is 11.0. The number of amides is 1. The number of hydrogen-bond acceptors (Lipinski definition) is 3. The molecule has 2 heterocycles. The minimum Gasteiger partial charge on any atom is -0.322 e. The van der Waals surface area contributed by atoms with E-state index >= 15 is 0 Å². The molecule has 0 radical (unpaired) electrons. The van der Waals surface area contributed by atoms with Gasteiger partial charge >= 0.3 is 0 Å². The number of anilines is 1. The van der Waals surface area contributed by atoms with E-state index in [4.69, 9.17) is 4.98 Å². The number of benzene rings is 3. The standard InChI is InChI=1S/C27H21FN4O/c1-17-7-3-5-9-24(17)31-27(33)22-15-26(30-25-10-6-4-8-21(22)25)23-16-29-32(18(23)2)20-13-11-19(28)12-14-20/h3-16H,1-2H3,(H,31,33). The van der Waals surface area contributed by atoms with Gasteiger partial charge in [0.25, 0.3) is 5.91 Å². The fraction of sp³-hybridized carbons (Fsp3) is 0.0741. The van der Waals surface area contributed by atoms with E-state index in [-0.39, 0.29) is 11.7 Å². The molecule has 0 atom stereocenters. The van der Waals surface area contributed by atoms with Crippen molar-refractivity contribution in [3.8, 4) is 16.9 Å². The maximum Gasteiger partial charge on any atom is 0.256 e. The molecule has 1 amide bonds. The van der Waals surface area contributed by atoms with E-state index in [0.717, 1.165) is 39.1 Å². The molecule has 0 aliphatic rings. The predicted octanol–water partition coefficient (Wildman–Crippen LogP) is 6.10. The van der Waals surface area contributed by atoms with Gasteiger partial charge in [-0.3, -0.25) is 4.79 Å². The lowest BCUT2D eigenvalue weighted by atomic mass is 10.0. The third-order valence-corrected chi connectivity index (χ3v) is 5.71. The summed E-state index contributed by atoms with van der Waals surface area (Å²) in [6.45, 7) is 3.88. The topological polar surface area (TPSA) is 59.8 Å². The molecule has 5 aromatic rings. The fourth-order valence-corrected chi connectivity index (χ4v) is 3.91. The van der Waals surface area contributed by atoms with Gasteiger partial charge in [0.15, 0.2) is 0 Å². The Balaban J connectivity index is 1.60. The number of nitrogens with zero attached hydrogens (tertiary/aromatic N) is 3. The molecular weight excluding hydrogens is 415 g/mol. The molecule has 0 bridgehead atoms. The van der Waals surface area contributed by atoms with Crippen molar-refractivity contribution in [2.24, 2.45) is 0 Å². The number of para-hydroxylation sites is 2. The first kappa shape index (κ1) is 20.6. The van der Waals surface area contributed by atoms with Crippen molar-refractivity contribution in [2.45, 2.75) is 13.8 Å². The quantitative estimate of drug-likeness (QED) is 0.371. The summed E-state index contributed by atoms with van der Waals surface area (Å²) in [5, 5.41) is 8.28. The van der Waals surface area contributed by atoms with Gasteiger partial charge in [-0.2, -0.15) is 5.10 Å². The lowest BCUT2D eigenvalue weighted by molar-refractivity contribution is 0.102. The molecule has 6 heteroatoms. The average Bonchev–Trinajstić information content (AvgIpc) is 3.21. The SMILES string of the molecule is Cc1ccccc1NC(=O)c1cc(-c2cnn(-c3ccc(F)cc3)c2C)nc2ccccc12. The zero-order chi connectivity index (χ0) is 22.9. The summed E-state index contributed by atoms with van der Waals surface area (Å²) in [7, 11) is 0. The van der Waals surface area contributed by atoms with E-state index in [0.29, 0.717) is 11.3 Å². The first-order valence-corrected chi connectivity index (χ1v) is 10.6. The van der Waals surface area contributed by atoms with Gasteiger partial charge in [0.05, 0.1) is 34.4 Å². The minimum absolute atomic E-state index is 0.201. The molecule has 1 N–H and O–H groups in total. The van der Waals surface area contributed by atoms with Gasteiger partial charge in [-0.15, -0.1) is 0 Å². The van der Waals surface area contributed by atoms with Crippen molar-refractivity contribution >= 4 is 22.5 Å². The minimum atomic E-state index is -0.302. The van der Waals surface area contributed by atoms with Crippen molar-refractivity contribution in [3.63, 3.8) is 0 Å². The molecule has 0 spiro atoms. The van der Waals surface area contributed by atoms with Crippen LogP contribution in [0.4, 0.5) is 10.1 Å². The molecule has 0 saturated carbocycles. The number of fused-ring (bicyclic) bond motifs is 1. The number of carbonyl (C=O) groups excluding carboxylic acids is 1. The number of aryl methyl sites for hydroxylation is 1. The second-order valence-electron chi connectivity index (χ2n) is 7.87.